The Bertz CT molecular complexity index is 1000. The van der Waals surface area contributed by atoms with Gasteiger partial charge in [0.25, 0.3) is 0 Å². The highest BCUT2D eigenvalue weighted by atomic mass is 32.1. The Kier molecular flexibility index (Phi) is 6.45. The van der Waals surface area contributed by atoms with Crippen LogP contribution in [0.5, 0.6) is 0 Å². The van der Waals surface area contributed by atoms with Crippen molar-refractivity contribution in [3.05, 3.63) is 77.9 Å². The van der Waals surface area contributed by atoms with Gasteiger partial charge >= 0.3 is 0 Å². The molecular formula is C24H21F2NS. The van der Waals surface area contributed by atoms with E-state index >= 15 is 0 Å². The number of thiocarbonyl (C=S) groups is 1. The molecule has 0 radical (unpaired) electrons. The molecule has 0 aliphatic carbocycles. The SMILES string of the molecule is CCC(C)Cc1ccc(-c2ccc(-c3cc(F)c(N=C=S)cc3F)cc2)cc1. The van der Waals surface area contributed by atoms with Crippen LogP contribution in [0.1, 0.15) is 25.8 Å². The molecule has 28 heavy (non-hydrogen) atoms. The molecule has 0 aliphatic heterocycles. The van der Waals surface area contributed by atoms with Crippen molar-refractivity contribution in [2.45, 2.75) is 26.7 Å². The minimum atomic E-state index is -0.630. The number of aliphatic imine (C=N–C) groups is 1. The molecule has 4 heteroatoms. The third-order valence-corrected chi connectivity index (χ3v) is 5.06. The summed E-state index contributed by atoms with van der Waals surface area (Å²) in [6, 6.07) is 18.1. The molecule has 3 rings (SSSR count). The highest BCUT2D eigenvalue weighted by Gasteiger charge is 2.11. The summed E-state index contributed by atoms with van der Waals surface area (Å²) in [5.74, 6) is -0.510. The molecule has 0 N–H and O–H groups in total. The lowest BCUT2D eigenvalue weighted by molar-refractivity contribution is 0.560. The van der Waals surface area contributed by atoms with Gasteiger partial charge in [-0.15, -0.1) is 0 Å². The first-order valence-electron chi connectivity index (χ1n) is 9.28. The molecule has 0 bridgehead atoms. The van der Waals surface area contributed by atoms with Gasteiger partial charge in [0.1, 0.15) is 17.3 Å². The van der Waals surface area contributed by atoms with E-state index < -0.39 is 11.6 Å². The number of rotatable bonds is 6. The summed E-state index contributed by atoms with van der Waals surface area (Å²) >= 11 is 4.45. The Balaban J connectivity index is 1.84. The van der Waals surface area contributed by atoms with E-state index in [0.717, 1.165) is 29.7 Å². The zero-order valence-corrected chi connectivity index (χ0v) is 16.7. The first-order chi connectivity index (χ1) is 13.5. The van der Waals surface area contributed by atoms with Crippen LogP contribution in [0.2, 0.25) is 0 Å². The third kappa shape index (κ3) is 4.59. The van der Waals surface area contributed by atoms with E-state index in [2.05, 4.69) is 60.5 Å². The Labute approximate surface area is 169 Å². The highest BCUT2D eigenvalue weighted by Crippen LogP contribution is 2.31. The summed E-state index contributed by atoms with van der Waals surface area (Å²) in [4.78, 5) is 3.54. The van der Waals surface area contributed by atoms with E-state index in [1.165, 1.54) is 12.0 Å². The van der Waals surface area contributed by atoms with Crippen LogP contribution >= 0.6 is 12.2 Å². The van der Waals surface area contributed by atoms with Gasteiger partial charge < -0.3 is 0 Å². The van der Waals surface area contributed by atoms with Crippen molar-refractivity contribution in [3.8, 4) is 22.3 Å². The molecule has 0 amide bonds. The monoisotopic (exact) mass is 393 g/mol. The summed E-state index contributed by atoms with van der Waals surface area (Å²) in [6.07, 6.45) is 2.24. The Morgan fingerprint density at radius 2 is 1.46 bits per heavy atom. The van der Waals surface area contributed by atoms with Gasteiger partial charge in [0.15, 0.2) is 0 Å². The maximum Gasteiger partial charge on any atom is 0.150 e. The van der Waals surface area contributed by atoms with Crippen molar-refractivity contribution in [1.29, 1.82) is 0 Å². The molecule has 0 aromatic heterocycles. The topological polar surface area (TPSA) is 12.4 Å². The molecule has 0 saturated heterocycles. The van der Waals surface area contributed by atoms with Gasteiger partial charge in [-0.3, -0.25) is 0 Å². The van der Waals surface area contributed by atoms with Crippen molar-refractivity contribution in [2.24, 2.45) is 10.9 Å². The van der Waals surface area contributed by atoms with Gasteiger partial charge in [-0.25, -0.2) is 8.78 Å². The van der Waals surface area contributed by atoms with Gasteiger partial charge in [0.2, 0.25) is 0 Å². The van der Waals surface area contributed by atoms with E-state index in [4.69, 9.17) is 0 Å². The van der Waals surface area contributed by atoms with Crippen molar-refractivity contribution >= 4 is 23.1 Å². The second-order valence-electron chi connectivity index (χ2n) is 6.98. The van der Waals surface area contributed by atoms with Crippen LogP contribution in [0.15, 0.2) is 65.7 Å². The first-order valence-corrected chi connectivity index (χ1v) is 9.69. The number of hydrogen-bond acceptors (Lipinski definition) is 2. The maximum absolute atomic E-state index is 14.4. The molecule has 0 saturated carbocycles. The standard InChI is InChI=1S/C24H21F2NS/c1-3-16(2)12-17-4-6-18(7-5-17)19-8-10-20(11-9-19)21-13-23(26)24(27-15-28)14-22(21)25/h4-11,13-14,16H,3,12H2,1-2H3. The fourth-order valence-electron chi connectivity index (χ4n) is 3.11. The third-order valence-electron chi connectivity index (χ3n) is 4.97. The maximum atomic E-state index is 14.4. The summed E-state index contributed by atoms with van der Waals surface area (Å²) in [5, 5.41) is 2.06. The zero-order chi connectivity index (χ0) is 20.1. The summed E-state index contributed by atoms with van der Waals surface area (Å²) in [6.45, 7) is 4.45. The van der Waals surface area contributed by atoms with E-state index in [1.54, 1.807) is 12.1 Å². The average Bonchev–Trinajstić information content (AvgIpc) is 2.71. The molecule has 3 aromatic rings. The predicted octanol–water partition coefficient (Wildman–Crippen LogP) is 7.62. The fraction of sp³-hybridized carbons (Fsp3) is 0.208. The molecule has 0 fully saturated rings. The predicted molar refractivity (Wildman–Crippen MR) is 115 cm³/mol. The Hall–Kier alpha value is -2.68. The van der Waals surface area contributed by atoms with E-state index in [9.17, 15) is 8.78 Å². The van der Waals surface area contributed by atoms with Crippen LogP contribution in [-0.4, -0.2) is 5.16 Å². The lowest BCUT2D eigenvalue weighted by Gasteiger charge is -2.10. The van der Waals surface area contributed by atoms with Crippen LogP contribution < -0.4 is 0 Å². The highest BCUT2D eigenvalue weighted by molar-refractivity contribution is 7.78. The van der Waals surface area contributed by atoms with Crippen molar-refractivity contribution in [3.63, 3.8) is 0 Å². The lowest BCUT2D eigenvalue weighted by atomic mass is 9.96. The van der Waals surface area contributed by atoms with Crippen molar-refractivity contribution in [1.82, 2.24) is 0 Å². The molecule has 142 valence electrons. The molecule has 1 unspecified atom stereocenters. The molecule has 1 nitrogen and oxygen atoms in total. The van der Waals surface area contributed by atoms with Crippen LogP contribution in [0.3, 0.4) is 0 Å². The first kappa shape index (κ1) is 20.1. The van der Waals surface area contributed by atoms with Crippen LogP contribution in [0.25, 0.3) is 22.3 Å². The molecule has 0 heterocycles. The zero-order valence-electron chi connectivity index (χ0n) is 15.9. The summed E-state index contributed by atoms with van der Waals surface area (Å²) in [7, 11) is 0. The summed E-state index contributed by atoms with van der Waals surface area (Å²) < 4.78 is 28.4. The summed E-state index contributed by atoms with van der Waals surface area (Å²) in [5.41, 5.74) is 4.10. The molecule has 0 spiro atoms. The number of nitrogens with zero attached hydrogens (tertiary/aromatic N) is 1. The lowest BCUT2D eigenvalue weighted by Crippen LogP contribution is -1.97. The van der Waals surface area contributed by atoms with Gasteiger partial charge in [0, 0.05) is 11.6 Å². The molecular weight excluding hydrogens is 372 g/mol. The second-order valence-corrected chi connectivity index (χ2v) is 7.16. The van der Waals surface area contributed by atoms with E-state index in [1.807, 2.05) is 12.1 Å². The Morgan fingerprint density at radius 1 is 0.893 bits per heavy atom. The number of hydrogen-bond donors (Lipinski definition) is 0. The number of benzene rings is 3. The second kappa shape index (κ2) is 9.01. The molecule has 3 aromatic carbocycles. The minimum absolute atomic E-state index is 0.148. The van der Waals surface area contributed by atoms with E-state index in [0.29, 0.717) is 11.5 Å². The Morgan fingerprint density at radius 3 is 2.04 bits per heavy atom. The molecule has 1 atom stereocenters. The van der Waals surface area contributed by atoms with Gasteiger partial charge in [-0.05, 0) is 52.9 Å². The quantitative estimate of drug-likeness (QED) is 0.310. The molecule has 0 aliphatic rings. The van der Waals surface area contributed by atoms with Crippen LogP contribution in [0, 0.1) is 17.6 Å². The number of halogens is 2. The number of isothiocyanates is 1. The van der Waals surface area contributed by atoms with Gasteiger partial charge in [-0.2, -0.15) is 4.99 Å². The van der Waals surface area contributed by atoms with E-state index in [-0.39, 0.29) is 11.3 Å². The average molecular weight is 394 g/mol. The van der Waals surface area contributed by atoms with Gasteiger partial charge in [-0.1, -0.05) is 68.8 Å². The van der Waals surface area contributed by atoms with Crippen LogP contribution in [0.4, 0.5) is 14.5 Å². The smallest absolute Gasteiger partial charge is 0.150 e. The fourth-order valence-corrected chi connectivity index (χ4v) is 3.21. The minimum Gasteiger partial charge on any atom is -0.206 e. The van der Waals surface area contributed by atoms with Crippen molar-refractivity contribution < 1.29 is 8.78 Å². The van der Waals surface area contributed by atoms with Crippen LogP contribution in [-0.2, 0) is 6.42 Å². The van der Waals surface area contributed by atoms with Crippen molar-refractivity contribution in [2.75, 3.05) is 0 Å². The largest absolute Gasteiger partial charge is 0.206 e. The normalized spacial score (nSPS) is 11.7. The van der Waals surface area contributed by atoms with Gasteiger partial charge in [0.05, 0.1) is 5.16 Å².